The predicted octanol–water partition coefficient (Wildman–Crippen LogP) is 21.6. The molecule has 4 N–H and O–H groups in total. The van der Waals surface area contributed by atoms with Crippen molar-refractivity contribution in [3.8, 4) is 0 Å². The van der Waals surface area contributed by atoms with Gasteiger partial charge in [-0.25, -0.2) is 4.79 Å². The van der Waals surface area contributed by atoms with E-state index in [1.165, 1.54) is 71.0 Å². The van der Waals surface area contributed by atoms with Crippen molar-refractivity contribution < 1.29 is 92.8 Å². The lowest BCUT2D eigenvalue weighted by atomic mass is 9.89. The van der Waals surface area contributed by atoms with Gasteiger partial charge in [0.05, 0.1) is 53.9 Å². The van der Waals surface area contributed by atoms with Gasteiger partial charge in [0, 0.05) is 96.4 Å². The average Bonchev–Trinajstić information content (AvgIpc) is 1.79. The highest BCUT2D eigenvalue weighted by Gasteiger charge is 2.43. The van der Waals surface area contributed by atoms with Crippen molar-refractivity contribution >= 4 is 63.1 Å². The minimum atomic E-state index is -4.94. The highest BCUT2D eigenvalue weighted by atomic mass is 31.2. The molecule has 20 nitrogen and oxygen atoms in total. The number of anilines is 2. The number of ether oxygens (including phenoxy) is 4. The standard InChI is InChI=1S/C25H26N2O.C20H23NO2.C19H21NO2.C13H23NOSi.C11H12O2.C8H8O.C7H9F6O5P.C6H7N.CH4/c28-25(26-23-14-8-3-9-15-23)24-19-27(17-21-12-6-2-7-13-21)18-22(24)16-20-10-4-1-5-11-20;1-23-20(22)19-15-21(13-17-10-6-3-7-11-17)14-18(19)12-16-8-4-2-5-9-16;21-19(22)18-14-20(12-16-9-5-2-6-10-16)13-17(18)11-15-7-3-1-4-8-15;1-15-11-14(12-16(2,3)4)10-13-8-6-5-7-9-13;1-13-11(12)9-5-8-10-6-3-2-4-7-10;9-7-6-8-4-2-1-3-5-8;1-16-5(14)2-19(15,17-3-6(8,9)10)18-4-7(11,12)13;7-6-4-2-1-3-5-6;/h1-15,22,24H,16-19H2,(H,26,28);2-11,18-19H,12-15H2,1H3;1-10,17-18H,11-14H2,(H,21,22);5-9H,10-12H2,1-4H3;2-7,9H,8H2,1H3;1-5,7H,6H2;2-4H2,1H3;1-5H,7H2;1H4/b;;;;9-5-;;;;/t22-,24+;18-,19+;17-,18+;;;;;;/m000....../s1. The SMILES string of the molecule is C.COC(=O)/C=C\Cc1ccccc1.COC(=O)CP(=O)(OCC(F)(F)F)OCC(F)(F)F.COC(=O)[C@@H]1CN(Cc2ccccc2)C[C@@H]1Cc1ccccc1.COCN(Cc1ccccc1)C[Si](C)(C)C.Nc1ccccc1.O=C(Nc1ccccc1)[C@@H]1CN(Cc2ccccc2)C[C@@H]1Cc1ccccc1.O=C(O)[C@@H]1CN(Cc2ccccc2)C[C@@H]1Cc1ccccc1.O=CCc1ccccc1. The third kappa shape index (κ3) is 47.7. The van der Waals surface area contributed by atoms with Gasteiger partial charge in [0.1, 0.15) is 12.4 Å². The van der Waals surface area contributed by atoms with Crippen molar-refractivity contribution in [2.75, 3.05) is 111 Å². The van der Waals surface area contributed by atoms with Crippen LogP contribution in [0.5, 0.6) is 0 Å². The first kappa shape index (κ1) is 114. The second kappa shape index (κ2) is 62.5. The van der Waals surface area contributed by atoms with Crippen LogP contribution in [0, 0.1) is 35.5 Å². The molecule has 11 aromatic carbocycles. The van der Waals surface area contributed by atoms with E-state index in [2.05, 4.69) is 215 Å². The number of nitrogen functional groups attached to an aromatic ring is 1. The summed E-state index contributed by atoms with van der Waals surface area (Å²) in [5.74, 6) is -1.77. The Balaban J connectivity index is 0.000000248. The molecule has 0 aromatic heterocycles. The van der Waals surface area contributed by atoms with Crippen LogP contribution in [0.15, 0.2) is 346 Å². The van der Waals surface area contributed by atoms with E-state index in [-0.39, 0.29) is 48.9 Å². The summed E-state index contributed by atoms with van der Waals surface area (Å²) >= 11 is 0. The van der Waals surface area contributed by atoms with E-state index in [1.54, 1.807) is 13.2 Å². The molecule has 0 unspecified atom stereocenters. The second-order valence-electron chi connectivity index (χ2n) is 34.4. The van der Waals surface area contributed by atoms with Crippen LogP contribution in [0.2, 0.25) is 19.6 Å². The molecule has 0 spiro atoms. The Labute approximate surface area is 811 Å². The molecule has 6 atom stereocenters. The molecule has 3 saturated heterocycles. The second-order valence-corrected chi connectivity index (χ2v) is 41.9. The van der Waals surface area contributed by atoms with Crippen LogP contribution in [0.25, 0.3) is 0 Å². The fraction of sp³-hybridized carbons (Fsp3) is 0.327. The van der Waals surface area contributed by atoms with Crippen LogP contribution < -0.4 is 11.1 Å². The summed E-state index contributed by atoms with van der Waals surface area (Å²) in [6.45, 7) is 12.2. The smallest absolute Gasteiger partial charge is 0.412 e. The third-order valence-corrected chi connectivity index (χ3v) is 24.9. The van der Waals surface area contributed by atoms with Crippen molar-refractivity contribution in [2.24, 2.45) is 35.5 Å². The molecule has 138 heavy (non-hydrogen) atoms. The van der Waals surface area contributed by atoms with Gasteiger partial charge in [0.15, 0.2) is 13.2 Å². The molecule has 3 fully saturated rings. The highest BCUT2D eigenvalue weighted by Crippen LogP contribution is 2.50. The number of nitrogens with one attached hydrogen (secondary N) is 1. The lowest BCUT2D eigenvalue weighted by molar-refractivity contribution is -0.166. The number of esters is 3. The van der Waals surface area contributed by atoms with Crippen molar-refractivity contribution in [3.63, 3.8) is 0 Å². The number of aliphatic carboxylic acids is 1. The van der Waals surface area contributed by atoms with Crippen molar-refractivity contribution in [3.05, 3.63) is 396 Å². The number of para-hydroxylation sites is 2. The maximum Gasteiger partial charge on any atom is 0.412 e. The number of hydrogen-bond acceptors (Lipinski definition) is 18. The number of carboxylic acid groups (broad SMARTS) is 1. The van der Waals surface area contributed by atoms with E-state index in [9.17, 15) is 64.8 Å². The number of likely N-dealkylation sites (tertiary alicyclic amines) is 3. The molecule has 0 bridgehead atoms. The van der Waals surface area contributed by atoms with Gasteiger partial charge in [0.2, 0.25) is 5.91 Å². The Morgan fingerprint density at radius 1 is 0.442 bits per heavy atom. The molecular weight excluding hydrogens is 1800 g/mol. The van der Waals surface area contributed by atoms with Crippen LogP contribution >= 0.6 is 7.60 Å². The number of carbonyl (C=O) groups excluding carboxylic acids is 5. The summed E-state index contributed by atoms with van der Waals surface area (Å²) in [4.78, 5) is 77.7. The van der Waals surface area contributed by atoms with E-state index < -0.39 is 59.3 Å². The first-order valence-corrected chi connectivity index (χ1v) is 50.7. The van der Waals surface area contributed by atoms with Gasteiger partial charge >= 0.3 is 43.8 Å². The Morgan fingerprint density at radius 3 is 1.09 bits per heavy atom. The van der Waals surface area contributed by atoms with Gasteiger partial charge in [-0.3, -0.25) is 52.4 Å². The van der Waals surface area contributed by atoms with Crippen LogP contribution in [-0.2, 0) is 120 Å². The molecule has 1 amide bonds. The van der Waals surface area contributed by atoms with E-state index >= 15 is 0 Å². The molecule has 3 aliphatic rings. The topological polar surface area (TPSA) is 246 Å². The van der Waals surface area contributed by atoms with Gasteiger partial charge in [-0.15, -0.1) is 0 Å². The normalized spacial score (nSPS) is 16.2. The number of hydrogen-bond donors (Lipinski definition) is 3. The summed E-state index contributed by atoms with van der Waals surface area (Å²) in [6.07, 6.45) is -1.93. The van der Waals surface area contributed by atoms with Crippen molar-refractivity contribution in [1.29, 1.82) is 0 Å². The molecule has 11 aromatic rings. The molecule has 14 rings (SSSR count). The molecule has 0 saturated carbocycles. The third-order valence-electron chi connectivity index (χ3n) is 21.8. The summed E-state index contributed by atoms with van der Waals surface area (Å²) in [7, 11) is -0.535. The fourth-order valence-corrected chi connectivity index (χ4v) is 18.5. The Kier molecular flexibility index (Phi) is 51.9. The first-order chi connectivity index (χ1) is 65.8. The van der Waals surface area contributed by atoms with Gasteiger partial charge in [-0.2, -0.15) is 26.3 Å². The summed E-state index contributed by atoms with van der Waals surface area (Å²) in [5, 5.41) is 12.6. The Morgan fingerprint density at radius 2 is 0.768 bits per heavy atom. The molecular formula is C110H133F6N6O14PSi. The zero-order valence-electron chi connectivity index (χ0n) is 78.9. The highest BCUT2D eigenvalue weighted by molar-refractivity contribution is 7.54. The quantitative estimate of drug-likeness (QED) is 0.00398. The molecule has 3 aliphatic heterocycles. The van der Waals surface area contributed by atoms with Crippen molar-refractivity contribution in [2.45, 2.75) is 97.7 Å². The lowest BCUT2D eigenvalue weighted by Gasteiger charge is -2.28. The monoisotopic (exact) mass is 1930 g/mol. The maximum absolute atomic E-state index is 13.1. The van der Waals surface area contributed by atoms with Gasteiger partial charge in [-0.1, -0.05) is 343 Å². The number of amides is 1. The largest absolute Gasteiger partial charge is 0.481 e. The van der Waals surface area contributed by atoms with Crippen molar-refractivity contribution in [1.82, 2.24) is 19.6 Å². The Bertz CT molecular complexity index is 5260. The molecule has 28 heteroatoms. The van der Waals surface area contributed by atoms with E-state index in [0.717, 1.165) is 122 Å². The van der Waals surface area contributed by atoms with Gasteiger partial charge in [-0.05, 0) is 124 Å². The van der Waals surface area contributed by atoms with E-state index in [0.29, 0.717) is 24.8 Å². The van der Waals surface area contributed by atoms with Crippen LogP contribution in [-0.4, -0.2) is 181 Å². The maximum atomic E-state index is 13.1. The number of rotatable bonds is 33. The van der Waals surface area contributed by atoms with Crippen LogP contribution in [0.3, 0.4) is 0 Å². The zero-order chi connectivity index (χ0) is 99.1. The summed E-state index contributed by atoms with van der Waals surface area (Å²) < 4.78 is 109. The number of carbonyl (C=O) groups is 6. The number of nitrogens with two attached hydrogens (primary N) is 1. The number of aldehydes is 1. The summed E-state index contributed by atoms with van der Waals surface area (Å²) in [5.41, 5.74) is 18.3. The van der Waals surface area contributed by atoms with Crippen LogP contribution in [0.4, 0.5) is 37.7 Å². The number of nitrogens with zero attached hydrogens (tertiary/aromatic N) is 4. The number of alkyl halides is 6. The first-order valence-electron chi connectivity index (χ1n) is 45.3. The lowest BCUT2D eigenvalue weighted by Crippen LogP contribution is -2.40. The minimum Gasteiger partial charge on any atom is -0.481 e. The van der Waals surface area contributed by atoms with Crippen LogP contribution in [0.1, 0.15) is 57.5 Å². The zero-order valence-corrected chi connectivity index (χ0v) is 80.8. The number of methoxy groups -OCH3 is 4. The number of halogens is 6. The van der Waals surface area contributed by atoms with Gasteiger partial charge < -0.3 is 39.9 Å². The van der Waals surface area contributed by atoms with E-state index in [1.807, 2.05) is 182 Å². The fourth-order valence-electron chi connectivity index (χ4n) is 15.6. The van der Waals surface area contributed by atoms with E-state index in [4.69, 9.17) is 15.2 Å². The molecule has 738 valence electrons. The predicted molar refractivity (Wildman–Crippen MR) is 537 cm³/mol. The Hall–Kier alpha value is -12.3. The van der Waals surface area contributed by atoms with Gasteiger partial charge in [0.25, 0.3) is 0 Å². The molecule has 3 heterocycles. The molecule has 0 radical (unpaired) electrons. The molecule has 0 aliphatic carbocycles. The minimum absolute atomic E-state index is 0. The number of carboxylic acids is 1. The average molecular weight is 1940 g/mol. The summed E-state index contributed by atoms with van der Waals surface area (Å²) in [6, 6.07) is 112. The number of allylic oxidation sites excluding steroid dienone is 1. The number of benzene rings is 11.